The number of benzene rings is 2. The van der Waals surface area contributed by atoms with E-state index in [4.69, 9.17) is 17.2 Å². The van der Waals surface area contributed by atoms with Gasteiger partial charge in [-0.3, -0.25) is 19.2 Å². The fourth-order valence-corrected chi connectivity index (χ4v) is 7.87. The van der Waals surface area contributed by atoms with Crippen molar-refractivity contribution < 1.29 is 19.2 Å². The average molecular weight is 718 g/mol. The number of fused-ring (bicyclic) bond motifs is 2. The Morgan fingerprint density at radius 1 is 0.673 bits per heavy atom. The van der Waals surface area contributed by atoms with Gasteiger partial charge in [0, 0.05) is 30.6 Å². The van der Waals surface area contributed by atoms with Crippen molar-refractivity contribution in [2.45, 2.75) is 147 Å². The summed E-state index contributed by atoms with van der Waals surface area (Å²) in [7, 11) is 0. The van der Waals surface area contributed by atoms with Gasteiger partial charge in [0.1, 0.15) is 18.1 Å². The number of piperidine rings is 1. The summed E-state index contributed by atoms with van der Waals surface area (Å²) in [6.45, 7) is 8.24. The Balaban J connectivity index is 1.50. The summed E-state index contributed by atoms with van der Waals surface area (Å²) in [6, 6.07) is 15.6. The smallest absolute Gasteiger partial charge is 0.245 e. The highest BCUT2D eigenvalue weighted by molar-refractivity contribution is 5.95. The Labute approximate surface area is 310 Å². The number of hydrogen-bond acceptors (Lipinski definition) is 7. The van der Waals surface area contributed by atoms with E-state index in [9.17, 15) is 19.2 Å². The van der Waals surface area contributed by atoms with Crippen molar-refractivity contribution in [3.63, 3.8) is 0 Å². The van der Waals surface area contributed by atoms with Crippen LogP contribution in [0.15, 0.2) is 60.7 Å². The summed E-state index contributed by atoms with van der Waals surface area (Å²) in [5.41, 5.74) is 20.8. The molecule has 4 rings (SSSR count). The SMILES string of the molecule is CC(C)CC(N)CCCC(NC(=O)C(CC(C)C)NC(=O)C(Cc1ccccc1)NC(=O)C(N)Cc1ccccc1)C(=O)N1C2CCC1CC(N)C2. The summed E-state index contributed by atoms with van der Waals surface area (Å²) in [5.74, 6) is -0.923. The molecule has 11 nitrogen and oxygen atoms in total. The molecule has 11 heteroatoms. The molecule has 7 atom stereocenters. The maximum atomic E-state index is 14.2. The Kier molecular flexibility index (Phi) is 15.7. The largest absolute Gasteiger partial charge is 0.343 e. The molecule has 2 aliphatic heterocycles. The minimum Gasteiger partial charge on any atom is -0.343 e. The van der Waals surface area contributed by atoms with Crippen LogP contribution < -0.4 is 33.2 Å². The molecule has 2 fully saturated rings. The van der Waals surface area contributed by atoms with Crippen molar-refractivity contribution in [3.05, 3.63) is 71.8 Å². The maximum absolute atomic E-state index is 14.2. The number of nitrogens with one attached hydrogen (secondary N) is 3. The molecule has 9 N–H and O–H groups in total. The van der Waals surface area contributed by atoms with E-state index >= 15 is 0 Å². The fraction of sp³-hybridized carbons (Fsp3) is 0.610. The standard InChI is InChI=1S/C41H63N7O4/c1-26(2)20-30(42)16-11-17-35(41(52)48-32-18-19-33(48)25-31(43)24-32)45-39(50)36(21-27(3)4)47-40(51)37(23-29-14-9-6-10-15-29)46-38(49)34(44)22-28-12-7-5-8-13-28/h5-10,12-15,26-27,30-37H,11,16-25,42-44H2,1-4H3,(H,45,50)(H,46,49)(H,47,51). The lowest BCUT2D eigenvalue weighted by molar-refractivity contribution is -0.141. The fourth-order valence-electron chi connectivity index (χ4n) is 7.87. The Hall–Kier alpha value is -3.80. The lowest BCUT2D eigenvalue weighted by Gasteiger charge is -2.40. The van der Waals surface area contributed by atoms with E-state index in [0.29, 0.717) is 31.6 Å². The van der Waals surface area contributed by atoms with E-state index in [1.54, 1.807) is 0 Å². The number of carbonyl (C=O) groups excluding carboxylic acids is 4. The number of carbonyl (C=O) groups is 4. The van der Waals surface area contributed by atoms with Crippen LogP contribution in [0.1, 0.15) is 96.6 Å². The lowest BCUT2D eigenvalue weighted by atomic mass is 9.95. The molecule has 0 radical (unpaired) electrons. The van der Waals surface area contributed by atoms with Crippen LogP contribution in [0.25, 0.3) is 0 Å². The third kappa shape index (κ3) is 12.4. The van der Waals surface area contributed by atoms with Gasteiger partial charge >= 0.3 is 0 Å². The summed E-state index contributed by atoms with van der Waals surface area (Å²) < 4.78 is 0. The van der Waals surface area contributed by atoms with E-state index in [2.05, 4.69) is 29.8 Å². The summed E-state index contributed by atoms with van der Waals surface area (Å²) in [4.78, 5) is 57.8. The topological polar surface area (TPSA) is 186 Å². The number of nitrogens with two attached hydrogens (primary N) is 3. The molecule has 0 spiro atoms. The third-order valence-corrected chi connectivity index (χ3v) is 10.4. The number of rotatable bonds is 19. The van der Waals surface area contributed by atoms with Gasteiger partial charge in [-0.05, 0) is 87.2 Å². The monoisotopic (exact) mass is 717 g/mol. The quantitative estimate of drug-likeness (QED) is 0.129. The van der Waals surface area contributed by atoms with Gasteiger partial charge in [-0.15, -0.1) is 0 Å². The van der Waals surface area contributed by atoms with Crippen LogP contribution >= 0.6 is 0 Å². The van der Waals surface area contributed by atoms with Crippen molar-refractivity contribution >= 4 is 23.6 Å². The van der Waals surface area contributed by atoms with Crippen LogP contribution in [0.4, 0.5) is 0 Å². The second-order valence-electron chi connectivity index (χ2n) is 16.0. The molecular weight excluding hydrogens is 654 g/mol. The van der Waals surface area contributed by atoms with Crippen molar-refractivity contribution in [2.75, 3.05) is 0 Å². The summed E-state index contributed by atoms with van der Waals surface area (Å²) >= 11 is 0. The summed E-state index contributed by atoms with van der Waals surface area (Å²) in [5, 5.41) is 8.89. The highest BCUT2D eigenvalue weighted by Gasteiger charge is 2.44. The molecule has 0 aliphatic carbocycles. The maximum Gasteiger partial charge on any atom is 0.245 e. The zero-order valence-electron chi connectivity index (χ0n) is 31.6. The Bertz CT molecular complexity index is 1430. The Morgan fingerprint density at radius 3 is 1.73 bits per heavy atom. The molecule has 4 amide bonds. The molecule has 0 aromatic heterocycles. The van der Waals surface area contributed by atoms with Gasteiger partial charge in [0.25, 0.3) is 0 Å². The highest BCUT2D eigenvalue weighted by atomic mass is 16.2. The number of amides is 4. The Morgan fingerprint density at radius 2 is 1.17 bits per heavy atom. The molecule has 286 valence electrons. The van der Waals surface area contributed by atoms with Gasteiger partial charge in [-0.2, -0.15) is 0 Å². The van der Waals surface area contributed by atoms with E-state index in [-0.39, 0.29) is 42.4 Å². The zero-order chi connectivity index (χ0) is 37.8. The van der Waals surface area contributed by atoms with Gasteiger partial charge in [0.05, 0.1) is 6.04 Å². The summed E-state index contributed by atoms with van der Waals surface area (Å²) in [6.07, 6.45) is 7.00. The first-order valence-corrected chi connectivity index (χ1v) is 19.4. The second kappa shape index (κ2) is 19.9. The van der Waals surface area contributed by atoms with Crippen molar-refractivity contribution in [2.24, 2.45) is 29.0 Å². The first kappa shape index (κ1) is 41.0. The van der Waals surface area contributed by atoms with Gasteiger partial charge in [0.15, 0.2) is 0 Å². The molecule has 2 bridgehead atoms. The van der Waals surface area contributed by atoms with Gasteiger partial charge < -0.3 is 38.1 Å². The molecule has 2 aromatic rings. The minimum atomic E-state index is -0.979. The number of hydrogen-bond donors (Lipinski definition) is 6. The highest BCUT2D eigenvalue weighted by Crippen LogP contribution is 2.36. The van der Waals surface area contributed by atoms with E-state index in [0.717, 1.165) is 49.7 Å². The van der Waals surface area contributed by atoms with E-state index in [1.807, 2.05) is 79.4 Å². The lowest BCUT2D eigenvalue weighted by Crippen LogP contribution is -2.60. The zero-order valence-corrected chi connectivity index (χ0v) is 31.6. The predicted molar refractivity (Wildman–Crippen MR) is 206 cm³/mol. The molecule has 2 heterocycles. The first-order valence-electron chi connectivity index (χ1n) is 19.4. The molecular formula is C41H63N7O4. The normalized spacial score (nSPS) is 21.2. The average Bonchev–Trinajstić information content (AvgIpc) is 3.37. The molecule has 0 saturated carbocycles. The minimum absolute atomic E-state index is 0.0150. The van der Waals surface area contributed by atoms with Crippen LogP contribution in [-0.2, 0) is 32.0 Å². The molecule has 7 unspecified atom stereocenters. The van der Waals surface area contributed by atoms with Crippen LogP contribution in [-0.4, -0.2) is 76.9 Å². The number of nitrogens with zero attached hydrogens (tertiary/aromatic N) is 1. The third-order valence-electron chi connectivity index (χ3n) is 10.4. The van der Waals surface area contributed by atoms with Crippen LogP contribution in [0.5, 0.6) is 0 Å². The molecule has 2 aliphatic rings. The van der Waals surface area contributed by atoms with Crippen LogP contribution in [0.2, 0.25) is 0 Å². The van der Waals surface area contributed by atoms with Crippen molar-refractivity contribution in [1.29, 1.82) is 0 Å². The van der Waals surface area contributed by atoms with E-state index < -0.39 is 41.9 Å². The van der Waals surface area contributed by atoms with Gasteiger partial charge in [-0.25, -0.2) is 0 Å². The van der Waals surface area contributed by atoms with Gasteiger partial charge in [-0.1, -0.05) is 88.4 Å². The van der Waals surface area contributed by atoms with Crippen molar-refractivity contribution in [3.8, 4) is 0 Å². The van der Waals surface area contributed by atoms with Crippen LogP contribution in [0, 0.1) is 11.8 Å². The van der Waals surface area contributed by atoms with Gasteiger partial charge in [0.2, 0.25) is 23.6 Å². The molecule has 2 aromatic carbocycles. The van der Waals surface area contributed by atoms with Crippen molar-refractivity contribution in [1.82, 2.24) is 20.9 Å². The van der Waals surface area contributed by atoms with E-state index in [1.165, 1.54) is 0 Å². The predicted octanol–water partition coefficient (Wildman–Crippen LogP) is 3.32. The van der Waals surface area contributed by atoms with Crippen LogP contribution in [0.3, 0.4) is 0 Å². The molecule has 52 heavy (non-hydrogen) atoms. The molecule has 2 saturated heterocycles. The first-order chi connectivity index (χ1) is 24.8. The second-order valence-corrected chi connectivity index (χ2v) is 16.0.